The number of hydrogen-bond donors (Lipinski definition) is 5. The van der Waals surface area contributed by atoms with Gasteiger partial charge >= 0.3 is 0 Å². The van der Waals surface area contributed by atoms with Gasteiger partial charge < -0.3 is 36.0 Å². The minimum absolute atomic E-state index is 0. The Balaban J connectivity index is 0.00000267. The van der Waals surface area contributed by atoms with E-state index in [2.05, 4.69) is 0 Å². The van der Waals surface area contributed by atoms with Gasteiger partial charge in [0.25, 0.3) is 5.91 Å². The lowest BCUT2D eigenvalue weighted by molar-refractivity contribution is -0.153. The van der Waals surface area contributed by atoms with Crippen LogP contribution in [0.1, 0.15) is 23.1 Å². The van der Waals surface area contributed by atoms with Crippen LogP contribution in [0.25, 0.3) is 5.76 Å². The number of nitrogens with zero attached hydrogens (tertiary/aromatic N) is 3. The highest BCUT2D eigenvalue weighted by Gasteiger charge is 2.64. The van der Waals surface area contributed by atoms with Gasteiger partial charge in [-0.05, 0) is 64.1 Å². The molecule has 4 atom stereocenters. The van der Waals surface area contributed by atoms with Gasteiger partial charge in [-0.25, -0.2) is 0 Å². The lowest BCUT2D eigenvalue weighted by Crippen LogP contribution is -2.65. The van der Waals surface area contributed by atoms with Gasteiger partial charge in [-0.1, -0.05) is 0 Å². The van der Waals surface area contributed by atoms with Gasteiger partial charge in [0, 0.05) is 37.8 Å². The van der Waals surface area contributed by atoms with Crippen molar-refractivity contribution in [2.45, 2.75) is 31.0 Å². The summed E-state index contributed by atoms with van der Waals surface area (Å²) in [7, 11) is 10.6. The molecule has 6 N–H and O–H groups in total. The number of rotatable bonds is 5. The number of carbonyl (C=O) groups is 3. The van der Waals surface area contributed by atoms with E-state index in [1.54, 1.807) is 20.2 Å². The van der Waals surface area contributed by atoms with Gasteiger partial charge in [-0.2, -0.15) is 0 Å². The molecule has 0 saturated heterocycles. The first-order valence-electron chi connectivity index (χ1n) is 12.0. The minimum atomic E-state index is -2.64. The molecule has 0 radical (unpaired) electrons. The summed E-state index contributed by atoms with van der Waals surface area (Å²) in [5, 5.41) is 44.9. The predicted molar refractivity (Wildman–Crippen MR) is 158 cm³/mol. The van der Waals surface area contributed by atoms with Crippen molar-refractivity contribution in [2.24, 2.45) is 17.6 Å². The van der Waals surface area contributed by atoms with Gasteiger partial charge in [-0.15, -0.1) is 37.2 Å². The summed E-state index contributed by atoms with van der Waals surface area (Å²) in [6.07, 6.45) is 0.300. The number of carbonyl (C=O) groups excluding carboxylic acids is 3. The van der Waals surface area contributed by atoms with E-state index < -0.39 is 58.0 Å². The van der Waals surface area contributed by atoms with Crippen LogP contribution in [0.5, 0.6) is 5.75 Å². The summed E-state index contributed by atoms with van der Waals surface area (Å²) in [6, 6.07) is 0.430. The highest BCUT2D eigenvalue weighted by atomic mass is 35.5. The van der Waals surface area contributed by atoms with E-state index in [0.717, 1.165) is 11.3 Å². The fourth-order valence-electron chi connectivity index (χ4n) is 6.39. The van der Waals surface area contributed by atoms with E-state index in [9.17, 15) is 34.8 Å². The number of ketones is 2. The first-order valence-corrected chi connectivity index (χ1v) is 12.0. The molecule has 4 rings (SSSR count). The standard InChI is InChI=1S/C26H34N4O7.3ClH/c1-28(2)10-12-9-15(31)17-13(19(12)29(3)4)7-11-8-14-20(30(5)6)22(33)18(25(27)36)24(35)26(14,37)23(34)16(11)21(17)32;;;/h9,11,14,20,31-32,35,37H,7-8,10H2,1-6H3,(H2,27,36);3*1H/t11-,14-,20-,26-;;;/m0.../s1. The second kappa shape index (κ2) is 12.1. The lowest BCUT2D eigenvalue weighted by Gasteiger charge is -2.50. The van der Waals surface area contributed by atoms with Crippen molar-refractivity contribution in [3.05, 3.63) is 39.7 Å². The highest BCUT2D eigenvalue weighted by Crippen LogP contribution is 2.54. The fourth-order valence-corrected chi connectivity index (χ4v) is 6.39. The number of aromatic hydroxyl groups is 1. The number of aliphatic hydroxyl groups is 3. The summed E-state index contributed by atoms with van der Waals surface area (Å²) >= 11 is 0. The van der Waals surface area contributed by atoms with Gasteiger partial charge in [0.15, 0.2) is 11.4 Å². The summed E-state index contributed by atoms with van der Waals surface area (Å²) in [6.45, 7) is 0.517. The molecule has 0 aromatic heterocycles. The monoisotopic (exact) mass is 622 g/mol. The smallest absolute Gasteiger partial charge is 0.255 e. The minimum Gasteiger partial charge on any atom is -0.508 e. The number of halogens is 3. The van der Waals surface area contributed by atoms with E-state index >= 15 is 0 Å². The van der Waals surface area contributed by atoms with E-state index in [0.29, 0.717) is 12.1 Å². The maximum absolute atomic E-state index is 13.9. The van der Waals surface area contributed by atoms with E-state index in [4.69, 9.17) is 5.73 Å². The Kier molecular flexibility index (Phi) is 10.8. The number of Topliss-reactive ketones (excluding diaryl/α,β-unsaturated/α-hetero) is 2. The zero-order chi connectivity index (χ0) is 27.7. The lowest BCUT2D eigenvalue weighted by atomic mass is 9.57. The average molecular weight is 624 g/mol. The Morgan fingerprint density at radius 2 is 1.62 bits per heavy atom. The molecule has 0 bridgehead atoms. The molecular formula is C26H37Cl3N4O7. The molecule has 0 unspecified atom stereocenters. The molecule has 1 fully saturated rings. The summed E-state index contributed by atoms with van der Waals surface area (Å²) in [5.41, 5.74) is 4.07. The molecule has 3 aliphatic carbocycles. The second-order valence-electron chi connectivity index (χ2n) is 10.9. The molecule has 1 aromatic rings. The van der Waals surface area contributed by atoms with Crippen molar-refractivity contribution in [3.8, 4) is 5.75 Å². The Hall–Kier alpha value is -2.54. The number of phenolic OH excluding ortho intramolecular Hbond substituents is 1. The molecule has 1 saturated carbocycles. The number of aliphatic hydroxyl groups excluding tert-OH is 2. The molecule has 3 aliphatic rings. The number of primary amides is 1. The third-order valence-corrected chi connectivity index (χ3v) is 7.71. The van der Waals surface area contributed by atoms with E-state index in [1.807, 2.05) is 38.0 Å². The van der Waals surface area contributed by atoms with E-state index in [-0.39, 0.29) is 66.9 Å². The molecule has 0 spiro atoms. The zero-order valence-electron chi connectivity index (χ0n) is 23.1. The maximum atomic E-state index is 13.9. The van der Waals surface area contributed by atoms with Crippen molar-refractivity contribution in [3.63, 3.8) is 0 Å². The Morgan fingerprint density at radius 3 is 2.10 bits per heavy atom. The number of phenols is 1. The summed E-state index contributed by atoms with van der Waals surface area (Å²) in [4.78, 5) is 44.5. The number of anilines is 1. The Bertz CT molecular complexity index is 1300. The molecule has 40 heavy (non-hydrogen) atoms. The first-order chi connectivity index (χ1) is 17.1. The average Bonchev–Trinajstić information content (AvgIpc) is 2.74. The van der Waals surface area contributed by atoms with Gasteiger partial charge in [0.1, 0.15) is 22.8 Å². The van der Waals surface area contributed by atoms with Crippen LogP contribution in [0.4, 0.5) is 5.69 Å². The molecule has 224 valence electrons. The Morgan fingerprint density at radius 1 is 1.05 bits per heavy atom. The maximum Gasteiger partial charge on any atom is 0.255 e. The van der Waals surface area contributed by atoms with Crippen LogP contribution >= 0.6 is 37.2 Å². The van der Waals surface area contributed by atoms with Crippen LogP contribution in [0.2, 0.25) is 0 Å². The number of likely N-dealkylation sites (N-methyl/N-ethyl adjacent to an activating group) is 1. The van der Waals surface area contributed by atoms with Crippen molar-refractivity contribution in [1.82, 2.24) is 9.80 Å². The van der Waals surface area contributed by atoms with Crippen molar-refractivity contribution in [2.75, 3.05) is 47.2 Å². The SMILES string of the molecule is CN(C)Cc1cc(O)c2c(c1N(C)C)C[C@H]1C[C@H]3[C@H](N(C)C)C(=O)C(C(N)=O)=C(O)[C@@]3(O)C(=O)C1=C2O.Cl.Cl.Cl. The normalized spacial score (nSPS) is 25.4. The third kappa shape index (κ3) is 5.03. The van der Waals surface area contributed by atoms with Crippen LogP contribution in [0.15, 0.2) is 23.0 Å². The van der Waals surface area contributed by atoms with Gasteiger partial charge in [0.05, 0.1) is 11.6 Å². The molecule has 14 heteroatoms. The zero-order valence-corrected chi connectivity index (χ0v) is 25.5. The Labute approximate surface area is 251 Å². The molecule has 0 aliphatic heterocycles. The van der Waals surface area contributed by atoms with Crippen molar-refractivity contribution >= 4 is 66.1 Å². The second-order valence-corrected chi connectivity index (χ2v) is 10.9. The van der Waals surface area contributed by atoms with Gasteiger partial charge in [-0.3, -0.25) is 19.3 Å². The predicted octanol–water partition coefficient (Wildman–Crippen LogP) is 1.36. The largest absolute Gasteiger partial charge is 0.508 e. The van der Waals surface area contributed by atoms with Gasteiger partial charge in [0.2, 0.25) is 5.78 Å². The third-order valence-electron chi connectivity index (χ3n) is 7.71. The summed E-state index contributed by atoms with van der Waals surface area (Å²) in [5.74, 6) is -6.57. The van der Waals surface area contributed by atoms with Crippen molar-refractivity contribution < 1.29 is 34.8 Å². The number of nitrogens with two attached hydrogens (primary N) is 1. The van der Waals surface area contributed by atoms with E-state index in [1.165, 1.54) is 4.90 Å². The van der Waals surface area contributed by atoms with Crippen LogP contribution < -0.4 is 10.6 Å². The fraction of sp³-hybridized carbons (Fsp3) is 0.500. The molecule has 11 nitrogen and oxygen atoms in total. The molecular weight excluding hydrogens is 587 g/mol. The number of hydrogen-bond acceptors (Lipinski definition) is 10. The number of benzene rings is 1. The summed E-state index contributed by atoms with van der Waals surface area (Å²) < 4.78 is 0. The van der Waals surface area contributed by atoms with Crippen LogP contribution in [0, 0.1) is 11.8 Å². The first kappa shape index (κ1) is 35.5. The quantitative estimate of drug-likeness (QED) is 0.302. The van der Waals surface area contributed by atoms with Crippen LogP contribution in [-0.4, -0.2) is 102 Å². The highest BCUT2D eigenvalue weighted by molar-refractivity contribution is 6.24. The van der Waals surface area contributed by atoms with Crippen LogP contribution in [0.3, 0.4) is 0 Å². The van der Waals surface area contributed by atoms with Crippen LogP contribution in [-0.2, 0) is 27.3 Å². The van der Waals surface area contributed by atoms with Crippen molar-refractivity contribution in [1.29, 1.82) is 0 Å². The molecule has 0 heterocycles. The molecule has 1 aromatic carbocycles. The molecule has 1 amide bonds. The number of amides is 1. The number of fused-ring (bicyclic) bond motifs is 3. The topological polar surface area (TPSA) is 168 Å².